The van der Waals surface area contributed by atoms with Gasteiger partial charge in [-0.2, -0.15) is 0 Å². The van der Waals surface area contributed by atoms with Crippen molar-refractivity contribution in [3.63, 3.8) is 0 Å². The normalized spacial score (nSPS) is 30.4. The summed E-state index contributed by atoms with van der Waals surface area (Å²) in [4.78, 5) is 42.7. The molecule has 182 valence electrons. The molecule has 0 aromatic heterocycles. The number of carbonyl (C=O) groups is 3. The molecule has 2 saturated heterocycles. The van der Waals surface area contributed by atoms with Crippen LogP contribution < -0.4 is 5.32 Å². The lowest BCUT2D eigenvalue weighted by atomic mass is 9.83. The van der Waals surface area contributed by atoms with Gasteiger partial charge in [-0.25, -0.2) is 9.59 Å². The number of amides is 2. The summed E-state index contributed by atoms with van der Waals surface area (Å²) >= 11 is 0. The minimum Gasteiger partial charge on any atom is -0.467 e. The molecule has 32 heavy (non-hydrogen) atoms. The molecule has 0 aromatic carbocycles. The molecule has 2 N–H and O–H groups in total. The summed E-state index contributed by atoms with van der Waals surface area (Å²) in [6.45, 7) is 8.19. The number of piperazine rings is 1. The summed E-state index contributed by atoms with van der Waals surface area (Å²) in [6.07, 6.45) is 4.70. The average Bonchev–Trinajstić information content (AvgIpc) is 3.02. The van der Waals surface area contributed by atoms with Gasteiger partial charge in [0, 0.05) is 25.7 Å². The SMILES string of the molecule is COC(=O)[C@@H]1CN2C[C@](C)(O)C[C@@H]2CN1C(=O)[C@@H](NC(=O)OC(C)(C)C)C1CCCCC1. The second-order valence-corrected chi connectivity index (χ2v) is 10.8. The first-order valence-corrected chi connectivity index (χ1v) is 11.7. The van der Waals surface area contributed by atoms with E-state index in [9.17, 15) is 19.5 Å². The Morgan fingerprint density at radius 2 is 1.78 bits per heavy atom. The zero-order valence-corrected chi connectivity index (χ0v) is 20.1. The number of esters is 1. The third-order valence-corrected chi connectivity index (χ3v) is 6.74. The van der Waals surface area contributed by atoms with E-state index in [4.69, 9.17) is 9.47 Å². The molecule has 3 fully saturated rings. The van der Waals surface area contributed by atoms with Crippen molar-refractivity contribution in [3.8, 4) is 0 Å². The van der Waals surface area contributed by atoms with Crippen molar-refractivity contribution in [2.45, 2.75) is 95.5 Å². The first kappa shape index (κ1) is 24.8. The van der Waals surface area contributed by atoms with Crippen molar-refractivity contribution in [1.29, 1.82) is 0 Å². The van der Waals surface area contributed by atoms with Crippen LogP contribution in [0.25, 0.3) is 0 Å². The molecule has 9 heteroatoms. The molecular weight excluding hydrogens is 414 g/mol. The fraction of sp³-hybridized carbons (Fsp3) is 0.870. The molecule has 0 unspecified atom stereocenters. The van der Waals surface area contributed by atoms with E-state index in [1.807, 2.05) is 0 Å². The lowest BCUT2D eigenvalue weighted by molar-refractivity contribution is -0.159. The highest BCUT2D eigenvalue weighted by Crippen LogP contribution is 2.33. The fourth-order valence-electron chi connectivity index (χ4n) is 5.38. The number of carbonyl (C=O) groups excluding carboxylic acids is 3. The number of ether oxygens (including phenoxy) is 2. The molecule has 4 atom stereocenters. The first-order valence-electron chi connectivity index (χ1n) is 11.7. The van der Waals surface area contributed by atoms with E-state index in [1.165, 1.54) is 7.11 Å². The Morgan fingerprint density at radius 3 is 2.38 bits per heavy atom. The van der Waals surface area contributed by atoms with Crippen LogP contribution in [0.2, 0.25) is 0 Å². The van der Waals surface area contributed by atoms with E-state index in [-0.39, 0.29) is 17.9 Å². The van der Waals surface area contributed by atoms with Crippen LogP contribution >= 0.6 is 0 Å². The average molecular weight is 454 g/mol. The third kappa shape index (κ3) is 5.92. The third-order valence-electron chi connectivity index (χ3n) is 6.74. The van der Waals surface area contributed by atoms with Gasteiger partial charge in [0.2, 0.25) is 5.91 Å². The number of nitrogens with one attached hydrogen (secondary N) is 1. The van der Waals surface area contributed by atoms with E-state index in [2.05, 4.69) is 10.2 Å². The van der Waals surface area contributed by atoms with Crippen molar-refractivity contribution in [2.24, 2.45) is 5.92 Å². The monoisotopic (exact) mass is 453 g/mol. The summed E-state index contributed by atoms with van der Waals surface area (Å²) in [5.41, 5.74) is -1.54. The summed E-state index contributed by atoms with van der Waals surface area (Å²) in [7, 11) is 1.31. The summed E-state index contributed by atoms with van der Waals surface area (Å²) < 4.78 is 10.4. The van der Waals surface area contributed by atoms with Crippen LogP contribution in [0.15, 0.2) is 0 Å². The van der Waals surface area contributed by atoms with Crippen molar-refractivity contribution < 1.29 is 29.0 Å². The molecule has 2 aliphatic heterocycles. The Morgan fingerprint density at radius 1 is 1.12 bits per heavy atom. The standard InChI is InChI=1S/C23H39N3O6/c1-22(2,3)32-21(29)24-18(15-9-7-6-8-10-15)19(27)26-12-16-11-23(4,30)14-25(16)13-17(26)20(28)31-5/h15-18,30H,6-14H2,1-5H3,(H,24,29)/t16-,17+,18+,23-/m1/s1. The fourth-order valence-corrected chi connectivity index (χ4v) is 5.38. The minimum absolute atomic E-state index is 0.00761. The van der Waals surface area contributed by atoms with Crippen LogP contribution in [0, 0.1) is 5.92 Å². The van der Waals surface area contributed by atoms with Gasteiger partial charge < -0.3 is 24.8 Å². The van der Waals surface area contributed by atoms with Crippen LogP contribution in [0.1, 0.15) is 66.2 Å². The summed E-state index contributed by atoms with van der Waals surface area (Å²) in [5, 5.41) is 13.4. The lowest BCUT2D eigenvalue weighted by Gasteiger charge is -2.44. The van der Waals surface area contributed by atoms with Crippen LogP contribution in [0.4, 0.5) is 4.79 Å². The predicted molar refractivity (Wildman–Crippen MR) is 118 cm³/mol. The van der Waals surface area contributed by atoms with Gasteiger partial charge >= 0.3 is 12.1 Å². The van der Waals surface area contributed by atoms with Crippen molar-refractivity contribution in [3.05, 3.63) is 0 Å². The molecular formula is C23H39N3O6. The van der Waals surface area contributed by atoms with Crippen LogP contribution in [0.5, 0.6) is 0 Å². The Balaban J connectivity index is 1.84. The van der Waals surface area contributed by atoms with Crippen LogP contribution in [-0.2, 0) is 19.1 Å². The Labute approximate surface area is 190 Å². The van der Waals surface area contributed by atoms with Crippen LogP contribution in [0.3, 0.4) is 0 Å². The number of hydrogen-bond donors (Lipinski definition) is 2. The lowest BCUT2D eigenvalue weighted by Crippen LogP contribution is -2.65. The number of hydrogen-bond acceptors (Lipinski definition) is 7. The zero-order valence-electron chi connectivity index (χ0n) is 20.1. The summed E-state index contributed by atoms with van der Waals surface area (Å²) in [6, 6.07) is -1.57. The highest BCUT2D eigenvalue weighted by Gasteiger charge is 2.49. The van der Waals surface area contributed by atoms with Gasteiger partial charge in [0.1, 0.15) is 17.7 Å². The zero-order chi connectivity index (χ0) is 23.7. The van der Waals surface area contributed by atoms with E-state index >= 15 is 0 Å². The number of aliphatic hydroxyl groups is 1. The second kappa shape index (κ2) is 9.55. The topological polar surface area (TPSA) is 108 Å². The Hall–Kier alpha value is -1.87. The second-order valence-electron chi connectivity index (χ2n) is 10.8. The van der Waals surface area contributed by atoms with Gasteiger partial charge in [0.25, 0.3) is 0 Å². The Kier molecular flexibility index (Phi) is 7.39. The molecule has 0 bridgehead atoms. The molecule has 1 aliphatic carbocycles. The number of fused-ring (bicyclic) bond motifs is 1. The number of methoxy groups -OCH3 is 1. The smallest absolute Gasteiger partial charge is 0.408 e. The minimum atomic E-state index is -0.859. The van der Waals surface area contributed by atoms with Gasteiger partial charge in [0.05, 0.1) is 12.7 Å². The molecule has 1 saturated carbocycles. The highest BCUT2D eigenvalue weighted by atomic mass is 16.6. The Bertz CT molecular complexity index is 713. The molecule has 2 amide bonds. The van der Waals surface area contributed by atoms with Gasteiger partial charge in [-0.1, -0.05) is 19.3 Å². The number of rotatable bonds is 4. The van der Waals surface area contributed by atoms with Crippen molar-refractivity contribution in [2.75, 3.05) is 26.7 Å². The molecule has 3 aliphatic rings. The maximum atomic E-state index is 13.8. The van der Waals surface area contributed by atoms with E-state index in [0.29, 0.717) is 26.1 Å². The maximum absolute atomic E-state index is 13.8. The summed E-state index contributed by atoms with van der Waals surface area (Å²) in [5.74, 6) is -0.765. The molecule has 3 rings (SSSR count). The maximum Gasteiger partial charge on any atom is 0.408 e. The first-order chi connectivity index (χ1) is 14.9. The van der Waals surface area contributed by atoms with Crippen molar-refractivity contribution in [1.82, 2.24) is 15.1 Å². The largest absolute Gasteiger partial charge is 0.467 e. The number of nitrogens with zero attached hydrogens (tertiary/aromatic N) is 2. The highest BCUT2D eigenvalue weighted by molar-refractivity contribution is 5.90. The van der Waals surface area contributed by atoms with Crippen molar-refractivity contribution >= 4 is 18.0 Å². The quantitative estimate of drug-likeness (QED) is 0.623. The molecule has 2 heterocycles. The van der Waals surface area contributed by atoms with E-state index in [1.54, 1.807) is 32.6 Å². The van der Waals surface area contributed by atoms with Gasteiger partial charge in [-0.15, -0.1) is 0 Å². The van der Waals surface area contributed by atoms with Gasteiger partial charge in [-0.05, 0) is 52.9 Å². The van der Waals surface area contributed by atoms with Crippen LogP contribution in [-0.4, -0.2) is 88.9 Å². The molecule has 0 radical (unpaired) electrons. The molecule has 9 nitrogen and oxygen atoms in total. The molecule has 0 aromatic rings. The molecule has 0 spiro atoms. The van der Waals surface area contributed by atoms with E-state index < -0.39 is 35.3 Å². The predicted octanol–water partition coefficient (Wildman–Crippen LogP) is 1.67. The van der Waals surface area contributed by atoms with Gasteiger partial charge in [-0.3, -0.25) is 9.69 Å². The van der Waals surface area contributed by atoms with E-state index in [0.717, 1.165) is 32.1 Å². The van der Waals surface area contributed by atoms with Gasteiger partial charge in [0.15, 0.2) is 0 Å². The number of alkyl carbamates (subject to hydrolysis) is 1.